The maximum atomic E-state index is 11.9. The van der Waals surface area contributed by atoms with Crippen LogP contribution in [0.2, 0.25) is 0 Å². The van der Waals surface area contributed by atoms with Crippen LogP contribution in [0.3, 0.4) is 0 Å². The molecule has 0 heterocycles. The van der Waals surface area contributed by atoms with Crippen LogP contribution in [0, 0.1) is 5.92 Å². The predicted octanol–water partition coefficient (Wildman–Crippen LogP) is 3.44. The van der Waals surface area contributed by atoms with Gasteiger partial charge in [0.2, 0.25) is 0 Å². The number of rotatable bonds is 7. The van der Waals surface area contributed by atoms with Crippen LogP contribution >= 0.6 is 0 Å². The van der Waals surface area contributed by atoms with Crippen LogP contribution in [0.25, 0.3) is 0 Å². The predicted molar refractivity (Wildman–Crippen MR) is 77.3 cm³/mol. The number of carbonyl (C=O) groups excluding carboxylic acids is 1. The van der Waals surface area contributed by atoms with E-state index in [0.717, 1.165) is 5.56 Å². The molecule has 1 aromatic carbocycles. The molecular formula is C15H22O2S. The Kier molecular flexibility index (Phi) is 6.27. The maximum absolute atomic E-state index is 11.9. The Morgan fingerprint density at radius 2 is 1.78 bits per heavy atom. The van der Waals surface area contributed by atoms with E-state index < -0.39 is 10.8 Å². The van der Waals surface area contributed by atoms with Crippen LogP contribution < -0.4 is 0 Å². The Bertz CT molecular complexity index is 398. The standard InChI is InChI=1S/C15H22O2S/c1-12(2)13(3)18(17)11-7-10-15(16)14-8-5-4-6-9-14/h4-6,8-9,12-13H,7,10-11H2,1-3H3. The molecule has 18 heavy (non-hydrogen) atoms. The van der Waals surface area contributed by atoms with Crippen molar-refractivity contribution in [2.24, 2.45) is 5.92 Å². The number of benzene rings is 1. The van der Waals surface area contributed by atoms with Crippen molar-refractivity contribution >= 4 is 16.6 Å². The molecule has 0 aliphatic carbocycles. The maximum Gasteiger partial charge on any atom is 0.162 e. The lowest BCUT2D eigenvalue weighted by Crippen LogP contribution is -2.20. The van der Waals surface area contributed by atoms with Crippen LogP contribution in [0.5, 0.6) is 0 Å². The quantitative estimate of drug-likeness (QED) is 0.708. The summed E-state index contributed by atoms with van der Waals surface area (Å²) in [5.41, 5.74) is 0.750. The van der Waals surface area contributed by atoms with Crippen molar-refractivity contribution in [3.8, 4) is 0 Å². The molecule has 1 aromatic rings. The third-order valence-electron chi connectivity index (χ3n) is 3.20. The van der Waals surface area contributed by atoms with Gasteiger partial charge < -0.3 is 0 Å². The van der Waals surface area contributed by atoms with Gasteiger partial charge >= 0.3 is 0 Å². The summed E-state index contributed by atoms with van der Waals surface area (Å²) in [6, 6.07) is 9.29. The van der Waals surface area contributed by atoms with Crippen molar-refractivity contribution in [3.05, 3.63) is 35.9 Å². The smallest absolute Gasteiger partial charge is 0.162 e. The van der Waals surface area contributed by atoms with E-state index in [1.807, 2.05) is 37.3 Å². The van der Waals surface area contributed by atoms with Gasteiger partial charge in [0.1, 0.15) is 0 Å². The van der Waals surface area contributed by atoms with Crippen LogP contribution in [-0.4, -0.2) is 21.0 Å². The van der Waals surface area contributed by atoms with Gasteiger partial charge in [-0.25, -0.2) is 0 Å². The van der Waals surface area contributed by atoms with Gasteiger partial charge in [-0.2, -0.15) is 0 Å². The molecule has 0 aliphatic heterocycles. The van der Waals surface area contributed by atoms with Gasteiger partial charge in [-0.3, -0.25) is 9.00 Å². The summed E-state index contributed by atoms with van der Waals surface area (Å²) in [4.78, 5) is 11.8. The van der Waals surface area contributed by atoms with Gasteiger partial charge in [0.15, 0.2) is 5.78 Å². The van der Waals surface area contributed by atoms with Gasteiger partial charge in [-0.15, -0.1) is 0 Å². The van der Waals surface area contributed by atoms with Gasteiger partial charge in [0, 0.05) is 33.8 Å². The van der Waals surface area contributed by atoms with E-state index >= 15 is 0 Å². The minimum absolute atomic E-state index is 0.143. The highest BCUT2D eigenvalue weighted by Gasteiger charge is 2.15. The Hall–Kier alpha value is -0.960. The molecule has 0 amide bonds. The minimum atomic E-state index is -0.820. The Labute approximate surface area is 112 Å². The molecule has 3 heteroatoms. The first-order chi connectivity index (χ1) is 8.52. The lowest BCUT2D eigenvalue weighted by molar-refractivity contribution is 0.0982. The topological polar surface area (TPSA) is 34.1 Å². The first-order valence-electron chi connectivity index (χ1n) is 6.47. The Morgan fingerprint density at radius 1 is 1.17 bits per heavy atom. The highest BCUT2D eigenvalue weighted by molar-refractivity contribution is 7.85. The Balaban J connectivity index is 2.35. The molecule has 0 saturated heterocycles. The summed E-state index contributed by atoms with van der Waals surface area (Å²) in [6.45, 7) is 6.18. The molecule has 0 saturated carbocycles. The summed E-state index contributed by atoms with van der Waals surface area (Å²) in [5.74, 6) is 1.19. The van der Waals surface area contributed by atoms with Crippen molar-refractivity contribution in [3.63, 3.8) is 0 Å². The summed E-state index contributed by atoms with van der Waals surface area (Å²) < 4.78 is 11.9. The fraction of sp³-hybridized carbons (Fsp3) is 0.533. The Morgan fingerprint density at radius 3 is 2.33 bits per heavy atom. The molecule has 1 rings (SSSR count). The second-order valence-electron chi connectivity index (χ2n) is 4.93. The molecular weight excluding hydrogens is 244 g/mol. The third kappa shape index (κ3) is 4.73. The van der Waals surface area contributed by atoms with Crippen molar-refractivity contribution < 1.29 is 9.00 Å². The highest BCUT2D eigenvalue weighted by Crippen LogP contribution is 2.11. The van der Waals surface area contributed by atoms with E-state index in [4.69, 9.17) is 0 Å². The van der Waals surface area contributed by atoms with Crippen molar-refractivity contribution in [2.75, 3.05) is 5.75 Å². The van der Waals surface area contributed by atoms with Crippen LogP contribution in [0.15, 0.2) is 30.3 Å². The number of hydrogen-bond donors (Lipinski definition) is 0. The summed E-state index contributed by atoms with van der Waals surface area (Å²) in [6.07, 6.45) is 1.19. The molecule has 0 N–H and O–H groups in total. The third-order valence-corrected chi connectivity index (χ3v) is 5.26. The van der Waals surface area contributed by atoms with Crippen molar-refractivity contribution in [1.29, 1.82) is 0 Å². The summed E-state index contributed by atoms with van der Waals surface area (Å²) >= 11 is 0. The number of hydrogen-bond acceptors (Lipinski definition) is 2. The summed E-state index contributed by atoms with van der Waals surface area (Å²) in [7, 11) is -0.820. The lowest BCUT2D eigenvalue weighted by Gasteiger charge is -2.14. The lowest BCUT2D eigenvalue weighted by atomic mass is 10.1. The molecule has 2 nitrogen and oxygen atoms in total. The fourth-order valence-corrected chi connectivity index (χ4v) is 3.04. The molecule has 0 aromatic heterocycles. The fourth-order valence-electron chi connectivity index (χ4n) is 1.63. The van der Waals surface area contributed by atoms with E-state index in [1.54, 1.807) is 0 Å². The molecule has 0 aliphatic rings. The van der Waals surface area contributed by atoms with Crippen molar-refractivity contribution in [1.82, 2.24) is 0 Å². The first kappa shape index (κ1) is 15.1. The van der Waals surface area contributed by atoms with Crippen LogP contribution in [0.1, 0.15) is 44.0 Å². The van der Waals surface area contributed by atoms with Crippen LogP contribution in [0.4, 0.5) is 0 Å². The highest BCUT2D eigenvalue weighted by atomic mass is 32.2. The van der Waals surface area contributed by atoms with E-state index in [9.17, 15) is 9.00 Å². The second-order valence-corrected chi connectivity index (χ2v) is 6.84. The molecule has 0 spiro atoms. The molecule has 100 valence electrons. The van der Waals surface area contributed by atoms with Crippen LogP contribution in [-0.2, 0) is 10.8 Å². The van der Waals surface area contributed by atoms with E-state index in [0.29, 0.717) is 24.5 Å². The average Bonchev–Trinajstić information content (AvgIpc) is 2.38. The van der Waals surface area contributed by atoms with Gasteiger partial charge in [0.25, 0.3) is 0 Å². The van der Waals surface area contributed by atoms with Crippen molar-refractivity contribution in [2.45, 2.75) is 38.9 Å². The summed E-state index contributed by atoms with van der Waals surface area (Å²) in [5, 5.41) is 0.205. The van der Waals surface area contributed by atoms with Gasteiger partial charge in [0.05, 0.1) is 0 Å². The average molecular weight is 266 g/mol. The minimum Gasteiger partial charge on any atom is -0.294 e. The van der Waals surface area contributed by atoms with Gasteiger partial charge in [-0.1, -0.05) is 51.1 Å². The molecule has 0 bridgehead atoms. The van der Waals surface area contributed by atoms with E-state index in [-0.39, 0.29) is 11.0 Å². The molecule has 0 fully saturated rings. The van der Waals surface area contributed by atoms with E-state index in [1.165, 1.54) is 0 Å². The number of ketones is 1. The normalized spacial score (nSPS) is 14.4. The number of Topliss-reactive ketones (excluding diaryl/α,β-unsaturated/α-hetero) is 1. The zero-order valence-electron chi connectivity index (χ0n) is 11.4. The van der Waals surface area contributed by atoms with E-state index in [2.05, 4.69) is 13.8 Å². The monoisotopic (exact) mass is 266 g/mol. The SMILES string of the molecule is CC(C)C(C)S(=O)CCCC(=O)c1ccccc1. The molecule has 2 atom stereocenters. The van der Waals surface area contributed by atoms with Gasteiger partial charge in [-0.05, 0) is 12.3 Å². The largest absolute Gasteiger partial charge is 0.294 e. The first-order valence-corrected chi connectivity index (χ1v) is 7.86. The molecule has 2 unspecified atom stereocenters. The zero-order valence-corrected chi connectivity index (χ0v) is 12.2. The molecule has 0 radical (unpaired) electrons. The zero-order chi connectivity index (χ0) is 13.5. The second kappa shape index (κ2) is 7.47. The number of carbonyl (C=O) groups is 1.